The van der Waals surface area contributed by atoms with Crippen LogP contribution in [0.25, 0.3) is 5.69 Å². The first-order valence-electron chi connectivity index (χ1n) is 8.50. The molecule has 0 aliphatic carbocycles. The molecule has 0 unspecified atom stereocenters. The van der Waals surface area contributed by atoms with Crippen molar-refractivity contribution in [2.75, 3.05) is 26.8 Å². The third-order valence-corrected chi connectivity index (χ3v) is 4.53. The number of nitrogens with zero attached hydrogens (tertiary/aromatic N) is 3. The largest absolute Gasteiger partial charge is 0.478 e. The van der Waals surface area contributed by atoms with Crippen molar-refractivity contribution in [2.24, 2.45) is 5.92 Å². The van der Waals surface area contributed by atoms with Crippen molar-refractivity contribution in [1.82, 2.24) is 14.7 Å². The first-order valence-corrected chi connectivity index (χ1v) is 8.50. The second-order valence-corrected chi connectivity index (χ2v) is 6.58. The van der Waals surface area contributed by atoms with Crippen LogP contribution >= 0.6 is 0 Å². The lowest BCUT2D eigenvalue weighted by molar-refractivity contribution is -0.143. The van der Waals surface area contributed by atoms with Crippen molar-refractivity contribution >= 4 is 11.9 Å². The highest BCUT2D eigenvalue weighted by molar-refractivity contribution is 5.94. The first kappa shape index (κ1) is 19.9. The maximum absolute atomic E-state index is 13.3. The van der Waals surface area contributed by atoms with E-state index in [4.69, 9.17) is 9.84 Å². The van der Waals surface area contributed by atoms with Gasteiger partial charge in [-0.25, -0.2) is 9.48 Å². The van der Waals surface area contributed by atoms with E-state index in [9.17, 15) is 22.8 Å². The van der Waals surface area contributed by atoms with Gasteiger partial charge in [-0.3, -0.25) is 4.79 Å². The summed E-state index contributed by atoms with van der Waals surface area (Å²) in [7, 11) is 1.66. The van der Waals surface area contributed by atoms with Gasteiger partial charge >= 0.3 is 12.1 Å². The van der Waals surface area contributed by atoms with Crippen molar-refractivity contribution < 1.29 is 32.6 Å². The first-order chi connectivity index (χ1) is 13.2. The number of carbonyl (C=O) groups excluding carboxylic acids is 1. The molecule has 1 aromatic carbocycles. The molecule has 1 atom stereocenters. The van der Waals surface area contributed by atoms with Gasteiger partial charge in [-0.1, -0.05) is 0 Å². The number of hydrogen-bond donors (Lipinski definition) is 1. The molecule has 10 heteroatoms. The van der Waals surface area contributed by atoms with E-state index in [2.05, 4.69) is 5.10 Å². The molecule has 1 amide bonds. The van der Waals surface area contributed by atoms with Gasteiger partial charge in [0.25, 0.3) is 5.91 Å². The van der Waals surface area contributed by atoms with Gasteiger partial charge in [-0.05, 0) is 30.7 Å². The highest BCUT2D eigenvalue weighted by atomic mass is 19.4. The number of aromatic carboxylic acids is 1. The maximum Gasteiger partial charge on any atom is 0.434 e. The monoisotopic (exact) mass is 397 g/mol. The van der Waals surface area contributed by atoms with Gasteiger partial charge < -0.3 is 14.7 Å². The normalized spacial score (nSPS) is 16.9. The topological polar surface area (TPSA) is 84.7 Å². The maximum atomic E-state index is 13.3. The molecular weight excluding hydrogens is 379 g/mol. The Morgan fingerprint density at radius 3 is 2.54 bits per heavy atom. The summed E-state index contributed by atoms with van der Waals surface area (Å²) in [4.78, 5) is 25.1. The number of carboxylic acid groups (broad SMARTS) is 1. The van der Waals surface area contributed by atoms with Crippen LogP contribution in [-0.4, -0.2) is 58.5 Å². The summed E-state index contributed by atoms with van der Waals surface area (Å²) in [6.07, 6.45) is -3.37. The zero-order valence-corrected chi connectivity index (χ0v) is 14.9. The Morgan fingerprint density at radius 2 is 2.00 bits per heavy atom. The Morgan fingerprint density at radius 1 is 1.32 bits per heavy atom. The summed E-state index contributed by atoms with van der Waals surface area (Å²) in [5.41, 5.74) is -2.00. The number of carbonyl (C=O) groups is 2. The van der Waals surface area contributed by atoms with Crippen molar-refractivity contribution in [3.05, 3.63) is 47.3 Å². The lowest BCUT2D eigenvalue weighted by Gasteiger charge is -2.20. The molecule has 1 aliphatic rings. The number of halogens is 3. The van der Waals surface area contributed by atoms with E-state index < -0.39 is 23.4 Å². The Hall–Kier alpha value is -2.88. The van der Waals surface area contributed by atoms with Crippen molar-refractivity contribution in [2.45, 2.75) is 12.6 Å². The molecule has 28 heavy (non-hydrogen) atoms. The summed E-state index contributed by atoms with van der Waals surface area (Å²) in [6, 6.07) is 5.38. The van der Waals surface area contributed by atoms with E-state index in [1.807, 2.05) is 0 Å². The average molecular weight is 397 g/mol. The van der Waals surface area contributed by atoms with E-state index in [1.165, 1.54) is 24.3 Å². The highest BCUT2D eigenvalue weighted by Gasteiger charge is 2.40. The SMILES string of the molecule is CN(C[C@@H]1CCOC1)C(=O)c1ccc(-n2ncc(C(=O)O)c2C(F)(F)F)cc1. The zero-order chi connectivity index (χ0) is 20.5. The summed E-state index contributed by atoms with van der Waals surface area (Å²) in [6.45, 7) is 1.80. The summed E-state index contributed by atoms with van der Waals surface area (Å²) in [5, 5.41) is 12.5. The molecule has 0 saturated carbocycles. The van der Waals surface area contributed by atoms with Crippen LogP contribution in [0.5, 0.6) is 0 Å². The zero-order valence-electron chi connectivity index (χ0n) is 14.9. The minimum absolute atomic E-state index is 0.00298. The van der Waals surface area contributed by atoms with E-state index in [0.29, 0.717) is 36.2 Å². The van der Waals surface area contributed by atoms with Crippen LogP contribution in [0, 0.1) is 5.92 Å². The molecule has 1 saturated heterocycles. The van der Waals surface area contributed by atoms with Gasteiger partial charge in [0.05, 0.1) is 18.5 Å². The smallest absolute Gasteiger partial charge is 0.434 e. The van der Waals surface area contributed by atoms with Crippen LogP contribution in [0.1, 0.15) is 32.8 Å². The Bertz CT molecular complexity index is 871. The molecule has 0 bridgehead atoms. The fourth-order valence-corrected chi connectivity index (χ4v) is 3.14. The van der Waals surface area contributed by atoms with Gasteiger partial charge in [0.1, 0.15) is 5.56 Å². The molecule has 0 spiro atoms. The molecule has 2 heterocycles. The van der Waals surface area contributed by atoms with Crippen LogP contribution in [0.4, 0.5) is 13.2 Å². The van der Waals surface area contributed by atoms with Crippen molar-refractivity contribution in [1.29, 1.82) is 0 Å². The predicted molar refractivity (Wildman–Crippen MR) is 91.4 cm³/mol. The number of ether oxygens (including phenoxy) is 1. The number of alkyl halides is 3. The quantitative estimate of drug-likeness (QED) is 0.839. The number of carboxylic acids is 1. The van der Waals surface area contributed by atoms with Crippen LogP contribution in [0.15, 0.2) is 30.5 Å². The third-order valence-electron chi connectivity index (χ3n) is 4.53. The molecule has 1 aromatic heterocycles. The molecule has 1 aliphatic heterocycles. The molecule has 1 fully saturated rings. The van der Waals surface area contributed by atoms with Gasteiger partial charge in [0.15, 0.2) is 5.69 Å². The van der Waals surface area contributed by atoms with E-state index >= 15 is 0 Å². The Kier molecular flexibility index (Phi) is 5.41. The van der Waals surface area contributed by atoms with Crippen LogP contribution in [-0.2, 0) is 10.9 Å². The van der Waals surface area contributed by atoms with Gasteiger partial charge in [0.2, 0.25) is 0 Å². The number of rotatable bonds is 5. The minimum Gasteiger partial charge on any atom is -0.478 e. The summed E-state index contributed by atoms with van der Waals surface area (Å²) in [5.74, 6) is -1.72. The van der Waals surface area contributed by atoms with E-state index in [1.54, 1.807) is 11.9 Å². The third kappa shape index (κ3) is 4.01. The molecule has 1 N–H and O–H groups in total. The second-order valence-electron chi connectivity index (χ2n) is 6.58. The lowest BCUT2D eigenvalue weighted by Crippen LogP contribution is -2.32. The van der Waals surface area contributed by atoms with Crippen LogP contribution < -0.4 is 0 Å². The van der Waals surface area contributed by atoms with Crippen molar-refractivity contribution in [3.8, 4) is 5.69 Å². The Balaban J connectivity index is 1.83. The number of hydrogen-bond acceptors (Lipinski definition) is 4. The molecule has 2 aromatic rings. The van der Waals surface area contributed by atoms with Crippen LogP contribution in [0.3, 0.4) is 0 Å². The number of amides is 1. The second kappa shape index (κ2) is 7.63. The fourth-order valence-electron chi connectivity index (χ4n) is 3.14. The molecule has 0 radical (unpaired) electrons. The fraction of sp³-hybridized carbons (Fsp3) is 0.389. The predicted octanol–water partition coefficient (Wildman–Crippen LogP) is 2.70. The molecule has 150 valence electrons. The molecule has 3 rings (SSSR count). The van der Waals surface area contributed by atoms with E-state index in [-0.39, 0.29) is 17.5 Å². The van der Waals surface area contributed by atoms with Crippen LogP contribution in [0.2, 0.25) is 0 Å². The summed E-state index contributed by atoms with van der Waals surface area (Å²) < 4.78 is 45.7. The number of benzene rings is 1. The Labute approximate surface area is 158 Å². The van der Waals surface area contributed by atoms with Gasteiger partial charge in [-0.2, -0.15) is 18.3 Å². The minimum atomic E-state index is -4.90. The highest BCUT2D eigenvalue weighted by Crippen LogP contribution is 2.33. The van der Waals surface area contributed by atoms with Gasteiger partial charge in [-0.15, -0.1) is 0 Å². The standard InChI is InChI=1S/C18H18F3N3O4/c1-23(9-11-6-7-28-10-11)16(25)12-2-4-13(5-3-12)24-15(18(19,20)21)14(8-22-24)17(26)27/h2-5,8,11H,6-7,9-10H2,1H3,(H,26,27)/t11-/m0/s1. The summed E-state index contributed by atoms with van der Waals surface area (Å²) >= 11 is 0. The van der Waals surface area contributed by atoms with Gasteiger partial charge in [0, 0.05) is 31.7 Å². The molecular formula is C18H18F3N3O4. The van der Waals surface area contributed by atoms with E-state index in [0.717, 1.165) is 6.42 Å². The number of aromatic nitrogens is 2. The molecule has 7 nitrogen and oxygen atoms in total. The van der Waals surface area contributed by atoms with Crippen molar-refractivity contribution in [3.63, 3.8) is 0 Å². The lowest BCUT2D eigenvalue weighted by atomic mass is 10.1. The average Bonchev–Trinajstić information content (AvgIpc) is 3.30.